The third kappa shape index (κ3) is 3.89. The second-order valence-electron chi connectivity index (χ2n) is 5.34. The topological polar surface area (TPSA) is 64.9 Å². The molecule has 0 radical (unpaired) electrons. The van der Waals surface area contributed by atoms with E-state index in [1.54, 1.807) is 0 Å². The fourth-order valence-corrected chi connectivity index (χ4v) is 5.25. The van der Waals surface area contributed by atoms with Gasteiger partial charge in [-0.3, -0.25) is 0 Å². The molecule has 108 valence electrons. The summed E-state index contributed by atoms with van der Waals surface area (Å²) in [6, 6.07) is -0.137. The minimum absolute atomic E-state index is 0.137. The number of hydrogen-bond donors (Lipinski definition) is 1. The highest BCUT2D eigenvalue weighted by Crippen LogP contribution is 2.43. The molecule has 4 nitrogen and oxygen atoms in total. The van der Waals surface area contributed by atoms with Crippen LogP contribution in [-0.4, -0.2) is 26.9 Å². The lowest BCUT2D eigenvalue weighted by molar-refractivity contribution is 0.332. The van der Waals surface area contributed by atoms with E-state index in [1.165, 1.54) is 5.75 Å². The maximum Gasteiger partial charge on any atom is 0.243 e. The predicted molar refractivity (Wildman–Crippen MR) is 82.4 cm³/mol. The van der Waals surface area contributed by atoms with Gasteiger partial charge in [-0.05, 0) is 18.8 Å². The van der Waals surface area contributed by atoms with Crippen LogP contribution < -0.4 is 5.73 Å². The largest absolute Gasteiger partial charge is 0.338 e. The monoisotopic (exact) mass is 301 g/mol. The highest BCUT2D eigenvalue weighted by Gasteiger charge is 2.31. The van der Waals surface area contributed by atoms with Crippen LogP contribution in [0.3, 0.4) is 0 Å². The summed E-state index contributed by atoms with van der Waals surface area (Å²) in [6.45, 7) is 6.53. The number of rotatable bonds is 5. The van der Waals surface area contributed by atoms with Gasteiger partial charge in [0, 0.05) is 16.8 Å². The average molecular weight is 301 g/mol. The Bertz CT molecular complexity index is 397. The Balaban J connectivity index is 2.07. The zero-order valence-electron chi connectivity index (χ0n) is 11.8. The van der Waals surface area contributed by atoms with Crippen LogP contribution in [-0.2, 0) is 0 Å². The van der Waals surface area contributed by atoms with Crippen LogP contribution in [0.25, 0.3) is 0 Å². The van der Waals surface area contributed by atoms with Gasteiger partial charge >= 0.3 is 0 Å². The van der Waals surface area contributed by atoms with Gasteiger partial charge in [-0.2, -0.15) is 16.7 Å². The van der Waals surface area contributed by atoms with Gasteiger partial charge in [0.2, 0.25) is 5.89 Å². The molecule has 6 heteroatoms. The maximum atomic E-state index is 6.10. The minimum Gasteiger partial charge on any atom is -0.338 e. The summed E-state index contributed by atoms with van der Waals surface area (Å²) in [4.78, 5) is 4.55. The number of nitrogens with zero attached hydrogens (tertiary/aromatic N) is 2. The molecule has 1 aromatic heterocycles. The third-order valence-electron chi connectivity index (χ3n) is 3.21. The van der Waals surface area contributed by atoms with Crippen molar-refractivity contribution < 1.29 is 4.52 Å². The molecule has 0 aliphatic carbocycles. The van der Waals surface area contributed by atoms with Gasteiger partial charge in [0.25, 0.3) is 0 Å². The van der Waals surface area contributed by atoms with Crippen LogP contribution in [0.5, 0.6) is 0 Å². The lowest BCUT2D eigenvalue weighted by Gasteiger charge is -2.27. The molecule has 2 N–H and O–H groups in total. The van der Waals surface area contributed by atoms with E-state index in [0.717, 1.165) is 24.4 Å². The van der Waals surface area contributed by atoms with Crippen molar-refractivity contribution in [3.63, 3.8) is 0 Å². The molecule has 0 amide bonds. The summed E-state index contributed by atoms with van der Waals surface area (Å²) in [5, 5.41) is 5.11. The molecule has 1 aliphatic heterocycles. The summed E-state index contributed by atoms with van der Waals surface area (Å²) in [5.41, 5.74) is 6.10. The van der Waals surface area contributed by atoms with E-state index >= 15 is 0 Å². The van der Waals surface area contributed by atoms with Crippen molar-refractivity contribution in [2.24, 2.45) is 11.7 Å². The Labute approximate surface area is 123 Å². The molecular weight excluding hydrogens is 278 g/mol. The smallest absolute Gasteiger partial charge is 0.243 e. The molecule has 1 saturated heterocycles. The predicted octanol–water partition coefficient (Wildman–Crippen LogP) is 3.42. The SMILES string of the molecule is CCC1SCCSC1c1noc([C@H](N)CC(C)C)n1. The summed E-state index contributed by atoms with van der Waals surface area (Å²) >= 11 is 3.96. The van der Waals surface area contributed by atoms with Crippen molar-refractivity contribution in [3.8, 4) is 0 Å². The van der Waals surface area contributed by atoms with Crippen LogP contribution in [0, 0.1) is 5.92 Å². The molecule has 2 unspecified atom stereocenters. The van der Waals surface area contributed by atoms with Crippen molar-refractivity contribution in [1.82, 2.24) is 10.1 Å². The van der Waals surface area contributed by atoms with Crippen molar-refractivity contribution in [3.05, 3.63) is 11.7 Å². The van der Waals surface area contributed by atoms with Gasteiger partial charge in [-0.1, -0.05) is 25.9 Å². The van der Waals surface area contributed by atoms with Gasteiger partial charge in [-0.25, -0.2) is 0 Å². The molecule has 1 fully saturated rings. The molecule has 2 rings (SSSR count). The fourth-order valence-electron chi connectivity index (χ4n) is 2.26. The first-order chi connectivity index (χ1) is 9.11. The zero-order valence-corrected chi connectivity index (χ0v) is 13.5. The molecule has 2 heterocycles. The van der Waals surface area contributed by atoms with E-state index < -0.39 is 0 Å². The fraction of sp³-hybridized carbons (Fsp3) is 0.846. The van der Waals surface area contributed by atoms with E-state index in [-0.39, 0.29) is 6.04 Å². The van der Waals surface area contributed by atoms with Crippen molar-refractivity contribution >= 4 is 23.5 Å². The van der Waals surface area contributed by atoms with E-state index in [9.17, 15) is 0 Å². The quantitative estimate of drug-likeness (QED) is 0.899. The van der Waals surface area contributed by atoms with E-state index in [0.29, 0.717) is 22.3 Å². The van der Waals surface area contributed by atoms with Crippen molar-refractivity contribution in [2.75, 3.05) is 11.5 Å². The van der Waals surface area contributed by atoms with Gasteiger partial charge in [-0.15, -0.1) is 11.8 Å². The first kappa shape index (κ1) is 15.2. The van der Waals surface area contributed by atoms with Crippen LogP contribution in [0.4, 0.5) is 0 Å². The van der Waals surface area contributed by atoms with Crippen LogP contribution in [0.1, 0.15) is 56.6 Å². The van der Waals surface area contributed by atoms with Crippen LogP contribution in [0.2, 0.25) is 0 Å². The molecule has 3 atom stereocenters. The highest BCUT2D eigenvalue weighted by atomic mass is 32.2. The standard InChI is InChI=1S/C13H23N3OS2/c1-4-10-11(19-6-5-18-10)12-15-13(17-16-12)9(14)7-8(2)3/h8-11H,4-7,14H2,1-3H3/t9-,10?,11?/m1/s1. The molecule has 0 saturated carbocycles. The van der Waals surface area contributed by atoms with E-state index in [1.807, 2.05) is 23.5 Å². The molecular formula is C13H23N3OS2. The molecule has 1 aromatic rings. The summed E-state index contributed by atoms with van der Waals surface area (Å²) in [5.74, 6) is 4.34. The maximum absolute atomic E-state index is 6.10. The van der Waals surface area contributed by atoms with Crippen LogP contribution >= 0.6 is 23.5 Å². The molecule has 0 spiro atoms. The number of thioether (sulfide) groups is 2. The first-order valence-corrected chi connectivity index (χ1v) is 9.03. The van der Waals surface area contributed by atoms with Gasteiger partial charge in [0.1, 0.15) is 0 Å². The third-order valence-corrected chi connectivity index (χ3v) is 6.45. The Morgan fingerprint density at radius 2 is 2.11 bits per heavy atom. The van der Waals surface area contributed by atoms with Crippen LogP contribution in [0.15, 0.2) is 4.52 Å². The van der Waals surface area contributed by atoms with Gasteiger partial charge in [0.05, 0.1) is 11.3 Å². The number of hydrogen-bond acceptors (Lipinski definition) is 6. The van der Waals surface area contributed by atoms with Crippen molar-refractivity contribution in [2.45, 2.75) is 50.2 Å². The summed E-state index contributed by atoms with van der Waals surface area (Å²) in [7, 11) is 0. The molecule has 0 bridgehead atoms. The lowest BCUT2D eigenvalue weighted by Crippen LogP contribution is -2.19. The second-order valence-corrected chi connectivity index (χ2v) is 7.93. The molecule has 1 aliphatic rings. The number of aromatic nitrogens is 2. The summed E-state index contributed by atoms with van der Waals surface area (Å²) < 4.78 is 5.36. The van der Waals surface area contributed by atoms with Gasteiger partial charge in [0.15, 0.2) is 5.82 Å². The normalized spacial score (nSPS) is 25.7. The Morgan fingerprint density at radius 1 is 1.37 bits per heavy atom. The zero-order chi connectivity index (χ0) is 13.8. The Morgan fingerprint density at radius 3 is 2.79 bits per heavy atom. The molecule has 19 heavy (non-hydrogen) atoms. The minimum atomic E-state index is -0.137. The second kappa shape index (κ2) is 6.99. The van der Waals surface area contributed by atoms with Crippen molar-refractivity contribution in [1.29, 1.82) is 0 Å². The average Bonchev–Trinajstić information content (AvgIpc) is 2.87. The van der Waals surface area contributed by atoms with E-state index in [4.69, 9.17) is 10.3 Å². The van der Waals surface area contributed by atoms with Gasteiger partial charge < -0.3 is 10.3 Å². The Hall–Kier alpha value is -0.200. The van der Waals surface area contributed by atoms with E-state index in [2.05, 4.69) is 30.9 Å². The summed E-state index contributed by atoms with van der Waals surface area (Å²) in [6.07, 6.45) is 2.02. The lowest BCUT2D eigenvalue weighted by atomic mass is 10.0. The number of nitrogens with two attached hydrogens (primary N) is 1. The Kier molecular flexibility index (Phi) is 5.59. The first-order valence-electron chi connectivity index (χ1n) is 6.94. The highest BCUT2D eigenvalue weighted by molar-refractivity contribution is 8.06. The molecule has 0 aromatic carbocycles.